The summed E-state index contributed by atoms with van der Waals surface area (Å²) < 4.78 is 8.29. The van der Waals surface area contributed by atoms with Gasteiger partial charge in [-0.1, -0.05) is 42.5 Å². The molecule has 6 rings (SSSR count). The molecule has 1 N–H and O–H groups in total. The van der Waals surface area contributed by atoms with Crippen molar-refractivity contribution in [2.75, 3.05) is 26.7 Å². The number of hydrogen-bond donors (Lipinski definition) is 1. The van der Waals surface area contributed by atoms with E-state index in [1.165, 1.54) is 17.5 Å². The molecule has 2 aliphatic rings. The number of aliphatic hydroxyl groups is 1. The fourth-order valence-electron chi connectivity index (χ4n) is 5.58. The number of aliphatic hydroxyl groups excluding tert-OH is 1. The Labute approximate surface area is 210 Å². The van der Waals surface area contributed by atoms with E-state index in [-0.39, 0.29) is 6.10 Å². The number of hydrogen-bond acceptors (Lipinski definition) is 5. The zero-order chi connectivity index (χ0) is 24.6. The van der Waals surface area contributed by atoms with Gasteiger partial charge in [0.25, 0.3) is 0 Å². The fourth-order valence-corrected chi connectivity index (χ4v) is 5.58. The maximum absolute atomic E-state index is 10.2. The molecular weight excluding hydrogens is 450 g/mol. The zero-order valence-electron chi connectivity index (χ0n) is 20.4. The molecule has 0 radical (unpaired) electrons. The second kappa shape index (κ2) is 9.38. The van der Waals surface area contributed by atoms with Gasteiger partial charge in [-0.2, -0.15) is 4.98 Å². The highest BCUT2D eigenvalue weighted by Gasteiger charge is 2.24. The lowest BCUT2D eigenvalue weighted by Crippen LogP contribution is -2.35. The van der Waals surface area contributed by atoms with Crippen LogP contribution in [0.15, 0.2) is 54.9 Å². The Balaban J connectivity index is 1.47. The maximum atomic E-state index is 10.2. The smallest absolute Gasteiger partial charge is 0.302 e. The third-order valence-corrected chi connectivity index (χ3v) is 7.36. The Morgan fingerprint density at radius 1 is 1.11 bits per heavy atom. The van der Waals surface area contributed by atoms with Crippen LogP contribution >= 0.6 is 0 Å². The highest BCUT2D eigenvalue weighted by atomic mass is 16.5. The van der Waals surface area contributed by atoms with Gasteiger partial charge in [0.1, 0.15) is 0 Å². The van der Waals surface area contributed by atoms with E-state index in [0.717, 1.165) is 47.5 Å². The number of fused-ring (bicyclic) bond motifs is 2. The summed E-state index contributed by atoms with van der Waals surface area (Å²) in [6.45, 7) is 10.1. The summed E-state index contributed by atoms with van der Waals surface area (Å²) in [5, 5.41) is 10.2. The topological polar surface area (TPSA) is 67.2 Å². The molecule has 1 aliphatic heterocycles. The van der Waals surface area contributed by atoms with Gasteiger partial charge >= 0.3 is 6.01 Å². The van der Waals surface area contributed by atoms with Gasteiger partial charge in [0.2, 0.25) is 0 Å². The van der Waals surface area contributed by atoms with E-state index in [1.807, 2.05) is 34.9 Å². The number of imidazole rings is 1. The second-order valence-electron chi connectivity index (χ2n) is 10.0. The van der Waals surface area contributed by atoms with E-state index >= 15 is 0 Å². The molecule has 4 aromatic rings. The third-order valence-electron chi connectivity index (χ3n) is 7.36. The molecule has 0 spiro atoms. The standard InChI is InChI=1S/C29H29N5O2/c1-30-24-9-7-20(8-10-24)27-26(22-6-5-21-15-25(35)16-23(21)14-22)28-31-11-13-34(28)29(32-27)36-18-19-4-3-12-33(2)17-19/h5-11,13-14,19,25,35H,3-4,12,15-18H2,2H3/t19-,25?/m1/s1. The number of piperidine rings is 1. The largest absolute Gasteiger partial charge is 0.464 e. The normalized spacial score (nSPS) is 19.8. The van der Waals surface area contributed by atoms with Crippen molar-refractivity contribution in [1.29, 1.82) is 0 Å². The Morgan fingerprint density at radius 3 is 2.72 bits per heavy atom. The van der Waals surface area contributed by atoms with Crippen LogP contribution in [0.5, 0.6) is 6.01 Å². The van der Waals surface area contributed by atoms with Crippen molar-refractivity contribution in [1.82, 2.24) is 19.3 Å². The molecule has 7 heteroatoms. The van der Waals surface area contributed by atoms with E-state index in [9.17, 15) is 5.11 Å². The van der Waals surface area contributed by atoms with Crippen molar-refractivity contribution in [3.8, 4) is 28.4 Å². The summed E-state index contributed by atoms with van der Waals surface area (Å²) in [5.41, 5.74) is 7.35. The average Bonchev–Trinajstić information content (AvgIpc) is 3.52. The molecule has 0 amide bonds. The number of nitrogens with zero attached hydrogens (tertiary/aromatic N) is 5. The van der Waals surface area contributed by atoms with Crippen LogP contribution in [0.3, 0.4) is 0 Å². The van der Waals surface area contributed by atoms with Crippen LogP contribution in [0.1, 0.15) is 24.0 Å². The van der Waals surface area contributed by atoms with Crippen LogP contribution in [-0.2, 0) is 12.8 Å². The summed E-state index contributed by atoms with van der Waals surface area (Å²) >= 11 is 0. The van der Waals surface area contributed by atoms with Crippen molar-refractivity contribution in [2.24, 2.45) is 5.92 Å². The molecule has 0 bridgehead atoms. The van der Waals surface area contributed by atoms with Crippen LogP contribution < -0.4 is 4.74 Å². The van der Waals surface area contributed by atoms with Crippen molar-refractivity contribution in [2.45, 2.75) is 31.8 Å². The molecule has 1 unspecified atom stereocenters. The quantitative estimate of drug-likeness (QED) is 0.417. The van der Waals surface area contributed by atoms with Gasteiger partial charge in [-0.15, -0.1) is 0 Å². The molecule has 7 nitrogen and oxygen atoms in total. The molecule has 36 heavy (non-hydrogen) atoms. The molecule has 0 saturated carbocycles. The van der Waals surface area contributed by atoms with E-state index < -0.39 is 0 Å². The van der Waals surface area contributed by atoms with Gasteiger partial charge in [-0.3, -0.25) is 4.40 Å². The Hall–Kier alpha value is -3.73. The van der Waals surface area contributed by atoms with Gasteiger partial charge in [-0.05, 0) is 61.5 Å². The Morgan fingerprint density at radius 2 is 1.92 bits per heavy atom. The summed E-state index contributed by atoms with van der Waals surface area (Å²) in [5.74, 6) is 0.466. The predicted molar refractivity (Wildman–Crippen MR) is 139 cm³/mol. The minimum atomic E-state index is -0.324. The lowest BCUT2D eigenvalue weighted by Gasteiger charge is -2.29. The van der Waals surface area contributed by atoms with Gasteiger partial charge in [0, 0.05) is 24.9 Å². The van der Waals surface area contributed by atoms with Crippen LogP contribution in [0.25, 0.3) is 32.9 Å². The summed E-state index contributed by atoms with van der Waals surface area (Å²) in [6.07, 6.45) is 7.05. The predicted octanol–water partition coefficient (Wildman–Crippen LogP) is 4.79. The molecule has 1 aliphatic carbocycles. The van der Waals surface area contributed by atoms with Crippen LogP contribution in [0, 0.1) is 12.5 Å². The molecule has 182 valence electrons. The van der Waals surface area contributed by atoms with E-state index in [0.29, 0.717) is 37.1 Å². The maximum Gasteiger partial charge on any atom is 0.302 e. The monoisotopic (exact) mass is 479 g/mol. The Bertz CT molecular complexity index is 1450. The van der Waals surface area contributed by atoms with Gasteiger partial charge in [0.05, 0.1) is 30.5 Å². The highest BCUT2D eigenvalue weighted by Crippen LogP contribution is 2.38. The fraction of sp³-hybridized carbons (Fsp3) is 0.345. The van der Waals surface area contributed by atoms with E-state index in [4.69, 9.17) is 21.3 Å². The third kappa shape index (κ3) is 4.23. The van der Waals surface area contributed by atoms with E-state index in [2.05, 4.69) is 35.0 Å². The van der Waals surface area contributed by atoms with Crippen LogP contribution in [0.4, 0.5) is 5.69 Å². The van der Waals surface area contributed by atoms with Gasteiger partial charge in [0.15, 0.2) is 11.3 Å². The number of likely N-dealkylation sites (tertiary alicyclic amines) is 1. The molecule has 2 aromatic heterocycles. The van der Waals surface area contributed by atoms with Crippen molar-refractivity contribution >= 4 is 11.3 Å². The van der Waals surface area contributed by atoms with Crippen molar-refractivity contribution in [3.63, 3.8) is 0 Å². The molecule has 1 saturated heterocycles. The summed E-state index contributed by atoms with van der Waals surface area (Å²) in [7, 11) is 2.16. The first kappa shape index (κ1) is 22.7. The molecule has 3 heterocycles. The molecular formula is C29H29N5O2. The van der Waals surface area contributed by atoms with Crippen LogP contribution in [-0.4, -0.2) is 57.2 Å². The first-order chi connectivity index (χ1) is 17.6. The number of rotatable bonds is 5. The minimum Gasteiger partial charge on any atom is -0.464 e. The number of ether oxygens (including phenoxy) is 1. The molecule has 1 fully saturated rings. The molecule has 2 aromatic carbocycles. The first-order valence-corrected chi connectivity index (χ1v) is 12.6. The van der Waals surface area contributed by atoms with Crippen molar-refractivity contribution in [3.05, 3.63) is 77.4 Å². The SMILES string of the molecule is [C-]#[N+]c1ccc(-c2nc(OC[C@@H]3CCCN(C)C3)n3ccnc3c2-c2ccc3c(c2)CC(O)C3)cc1. The van der Waals surface area contributed by atoms with E-state index in [1.54, 1.807) is 6.20 Å². The van der Waals surface area contributed by atoms with Gasteiger partial charge < -0.3 is 14.7 Å². The minimum absolute atomic E-state index is 0.324. The zero-order valence-corrected chi connectivity index (χ0v) is 20.4. The van der Waals surface area contributed by atoms with Crippen LogP contribution in [0.2, 0.25) is 0 Å². The lowest BCUT2D eigenvalue weighted by atomic mass is 9.97. The first-order valence-electron chi connectivity index (χ1n) is 12.6. The average molecular weight is 480 g/mol. The Kier molecular flexibility index (Phi) is 5.92. The highest BCUT2D eigenvalue weighted by molar-refractivity contribution is 5.91. The summed E-state index contributed by atoms with van der Waals surface area (Å²) in [6, 6.07) is 14.4. The number of benzene rings is 2. The lowest BCUT2D eigenvalue weighted by molar-refractivity contribution is 0.143. The number of aromatic nitrogens is 3. The van der Waals surface area contributed by atoms with Gasteiger partial charge in [-0.25, -0.2) is 9.83 Å². The molecule has 2 atom stereocenters. The summed E-state index contributed by atoms with van der Waals surface area (Å²) in [4.78, 5) is 15.7. The second-order valence-corrected chi connectivity index (χ2v) is 10.0. The van der Waals surface area contributed by atoms with Crippen molar-refractivity contribution < 1.29 is 9.84 Å².